The number of carbonyl (C=O) groups is 2. The molecule has 0 aromatic heterocycles. The van der Waals surface area contributed by atoms with Crippen LogP contribution in [-0.2, 0) is 9.59 Å². The van der Waals surface area contributed by atoms with Gasteiger partial charge >= 0.3 is 5.97 Å². The van der Waals surface area contributed by atoms with Crippen molar-refractivity contribution in [1.29, 1.82) is 0 Å². The van der Waals surface area contributed by atoms with Crippen molar-refractivity contribution < 1.29 is 14.7 Å². The number of nitrogens with one attached hydrogen (secondary N) is 2. The molecule has 2 atom stereocenters. The molecule has 0 aromatic rings. The summed E-state index contributed by atoms with van der Waals surface area (Å²) in [7, 11) is 0. The highest BCUT2D eigenvalue weighted by Gasteiger charge is 2.42. The van der Waals surface area contributed by atoms with Crippen molar-refractivity contribution in [3.05, 3.63) is 0 Å². The largest absolute Gasteiger partial charge is 0.480 e. The molecule has 1 fully saturated rings. The minimum Gasteiger partial charge on any atom is -0.480 e. The fraction of sp³-hybridized carbons (Fsp3) is 0.846. The van der Waals surface area contributed by atoms with E-state index in [1.54, 1.807) is 0 Å². The van der Waals surface area contributed by atoms with E-state index in [4.69, 9.17) is 0 Å². The molecule has 1 amide bonds. The molecule has 1 aliphatic heterocycles. The molecule has 5 nitrogen and oxygen atoms in total. The molecule has 1 aliphatic rings. The fourth-order valence-corrected chi connectivity index (χ4v) is 2.38. The molecule has 104 valence electrons. The Morgan fingerprint density at radius 2 is 2.06 bits per heavy atom. The van der Waals surface area contributed by atoms with E-state index in [-0.39, 0.29) is 5.91 Å². The predicted octanol–water partition coefficient (Wildman–Crippen LogP) is 1.13. The van der Waals surface area contributed by atoms with Crippen LogP contribution in [0.15, 0.2) is 0 Å². The predicted molar refractivity (Wildman–Crippen MR) is 69.3 cm³/mol. The van der Waals surface area contributed by atoms with Gasteiger partial charge in [0.25, 0.3) is 0 Å². The molecule has 0 aliphatic carbocycles. The van der Waals surface area contributed by atoms with Gasteiger partial charge in [-0.25, -0.2) is 4.79 Å². The quantitative estimate of drug-likeness (QED) is 0.704. The lowest BCUT2D eigenvalue weighted by Crippen LogP contribution is -2.59. The number of carbonyl (C=O) groups excluding carboxylic acids is 1. The molecule has 5 heteroatoms. The van der Waals surface area contributed by atoms with Gasteiger partial charge in [0, 0.05) is 0 Å². The second-order valence-electron chi connectivity index (χ2n) is 6.08. The van der Waals surface area contributed by atoms with E-state index in [1.807, 2.05) is 27.7 Å². The summed E-state index contributed by atoms with van der Waals surface area (Å²) in [6.45, 7) is 8.20. The van der Waals surface area contributed by atoms with E-state index in [0.717, 1.165) is 19.4 Å². The van der Waals surface area contributed by atoms with Crippen molar-refractivity contribution in [2.75, 3.05) is 6.54 Å². The zero-order chi connectivity index (χ0) is 14.0. The lowest BCUT2D eigenvalue weighted by Gasteiger charge is -2.33. The summed E-state index contributed by atoms with van der Waals surface area (Å²) in [6.07, 6.45) is 2.40. The SMILES string of the molecule is CCC1(C(=O)N[C@@H](C(=O)O)C(C)(C)C)CCCN1. The monoisotopic (exact) mass is 256 g/mol. The van der Waals surface area contributed by atoms with Gasteiger partial charge in [-0.05, 0) is 31.2 Å². The van der Waals surface area contributed by atoms with Gasteiger partial charge in [0.15, 0.2) is 0 Å². The number of hydrogen-bond donors (Lipinski definition) is 3. The first-order valence-corrected chi connectivity index (χ1v) is 6.52. The van der Waals surface area contributed by atoms with Crippen LogP contribution in [0, 0.1) is 5.41 Å². The maximum Gasteiger partial charge on any atom is 0.326 e. The fourth-order valence-electron chi connectivity index (χ4n) is 2.38. The van der Waals surface area contributed by atoms with Gasteiger partial charge in [-0.3, -0.25) is 4.79 Å². The minimum atomic E-state index is -0.986. The van der Waals surface area contributed by atoms with Gasteiger partial charge in [0.1, 0.15) is 6.04 Å². The van der Waals surface area contributed by atoms with E-state index in [1.165, 1.54) is 0 Å². The molecule has 3 N–H and O–H groups in total. The van der Waals surface area contributed by atoms with Crippen LogP contribution in [0.2, 0.25) is 0 Å². The highest BCUT2D eigenvalue weighted by molar-refractivity contribution is 5.90. The van der Waals surface area contributed by atoms with Crippen molar-refractivity contribution >= 4 is 11.9 Å². The van der Waals surface area contributed by atoms with E-state index >= 15 is 0 Å². The molecule has 1 saturated heterocycles. The first kappa shape index (κ1) is 15.0. The second kappa shape index (κ2) is 5.26. The van der Waals surface area contributed by atoms with Gasteiger partial charge in [-0.1, -0.05) is 27.7 Å². The van der Waals surface area contributed by atoms with Crippen molar-refractivity contribution in [3.63, 3.8) is 0 Å². The van der Waals surface area contributed by atoms with Gasteiger partial charge in [0.2, 0.25) is 5.91 Å². The van der Waals surface area contributed by atoms with Crippen LogP contribution in [0.4, 0.5) is 0 Å². The summed E-state index contributed by atoms with van der Waals surface area (Å²) in [5.41, 5.74) is -1.09. The molecule has 0 radical (unpaired) electrons. The Labute approximate surface area is 108 Å². The van der Waals surface area contributed by atoms with Crippen LogP contribution in [0.25, 0.3) is 0 Å². The van der Waals surface area contributed by atoms with Crippen LogP contribution >= 0.6 is 0 Å². The Balaban J connectivity index is 2.81. The standard InChI is InChI=1S/C13H24N2O3/c1-5-13(7-6-8-14-13)11(18)15-9(10(16)17)12(2,3)4/h9,14H,5-8H2,1-4H3,(H,15,18)(H,16,17)/t9-,13?/m0/s1. The Hall–Kier alpha value is -1.10. The minimum absolute atomic E-state index is 0.190. The van der Waals surface area contributed by atoms with Crippen molar-refractivity contribution in [2.45, 2.75) is 58.5 Å². The van der Waals surface area contributed by atoms with Crippen molar-refractivity contribution in [1.82, 2.24) is 10.6 Å². The molecule has 0 saturated carbocycles. The first-order valence-electron chi connectivity index (χ1n) is 6.52. The van der Waals surface area contributed by atoms with E-state index in [2.05, 4.69) is 10.6 Å². The topological polar surface area (TPSA) is 78.4 Å². The van der Waals surface area contributed by atoms with Crippen LogP contribution < -0.4 is 10.6 Å². The average molecular weight is 256 g/mol. The van der Waals surface area contributed by atoms with E-state index in [9.17, 15) is 14.7 Å². The number of amides is 1. The van der Waals surface area contributed by atoms with Gasteiger partial charge in [0.05, 0.1) is 5.54 Å². The van der Waals surface area contributed by atoms with Crippen molar-refractivity contribution in [2.24, 2.45) is 5.41 Å². The number of aliphatic carboxylic acids is 1. The third-order valence-corrected chi connectivity index (χ3v) is 3.67. The van der Waals surface area contributed by atoms with Crippen LogP contribution in [-0.4, -0.2) is 35.1 Å². The number of carboxylic acid groups (broad SMARTS) is 1. The second-order valence-corrected chi connectivity index (χ2v) is 6.08. The molecule has 0 bridgehead atoms. The first-order chi connectivity index (χ1) is 8.23. The van der Waals surface area contributed by atoms with Crippen LogP contribution in [0.3, 0.4) is 0 Å². The number of rotatable bonds is 4. The number of carboxylic acids is 1. The Morgan fingerprint density at radius 1 is 1.44 bits per heavy atom. The average Bonchev–Trinajstić information content (AvgIpc) is 2.73. The van der Waals surface area contributed by atoms with Crippen molar-refractivity contribution in [3.8, 4) is 0 Å². The Morgan fingerprint density at radius 3 is 2.39 bits per heavy atom. The maximum atomic E-state index is 12.3. The maximum absolute atomic E-state index is 12.3. The highest BCUT2D eigenvalue weighted by Crippen LogP contribution is 2.25. The zero-order valence-corrected chi connectivity index (χ0v) is 11.7. The van der Waals surface area contributed by atoms with E-state index in [0.29, 0.717) is 6.42 Å². The summed E-state index contributed by atoms with van der Waals surface area (Å²) in [4.78, 5) is 23.6. The van der Waals surface area contributed by atoms with Crippen LogP contribution in [0.1, 0.15) is 47.0 Å². The Kier molecular flexibility index (Phi) is 4.37. The smallest absolute Gasteiger partial charge is 0.326 e. The summed E-state index contributed by atoms with van der Waals surface area (Å²) < 4.78 is 0. The molecule has 1 unspecified atom stereocenters. The molecule has 0 aromatic carbocycles. The summed E-state index contributed by atoms with van der Waals surface area (Å²) >= 11 is 0. The summed E-state index contributed by atoms with van der Waals surface area (Å²) in [5.74, 6) is -1.18. The highest BCUT2D eigenvalue weighted by atomic mass is 16.4. The normalized spacial score (nSPS) is 25.8. The molecular weight excluding hydrogens is 232 g/mol. The molecule has 1 heterocycles. The third-order valence-electron chi connectivity index (χ3n) is 3.67. The zero-order valence-electron chi connectivity index (χ0n) is 11.7. The molecule has 18 heavy (non-hydrogen) atoms. The van der Waals surface area contributed by atoms with Gasteiger partial charge in [-0.2, -0.15) is 0 Å². The Bertz CT molecular complexity index is 328. The van der Waals surface area contributed by atoms with Gasteiger partial charge in [-0.15, -0.1) is 0 Å². The summed E-state index contributed by atoms with van der Waals surface area (Å²) in [6, 6.07) is -0.865. The summed E-state index contributed by atoms with van der Waals surface area (Å²) in [5, 5.41) is 15.1. The molecule has 0 spiro atoms. The van der Waals surface area contributed by atoms with Gasteiger partial charge < -0.3 is 15.7 Å². The van der Waals surface area contributed by atoms with Crippen LogP contribution in [0.5, 0.6) is 0 Å². The van der Waals surface area contributed by atoms with E-state index < -0.39 is 23.0 Å². The number of hydrogen-bond acceptors (Lipinski definition) is 3. The third kappa shape index (κ3) is 3.02. The molecule has 1 rings (SSSR count). The molecular formula is C13H24N2O3. The lowest BCUT2D eigenvalue weighted by atomic mass is 9.85. The lowest BCUT2D eigenvalue weighted by molar-refractivity contribution is -0.146.